The molecule has 2 aliphatic rings. The van der Waals surface area contributed by atoms with Gasteiger partial charge in [-0.25, -0.2) is 0 Å². The predicted molar refractivity (Wildman–Crippen MR) is 91.3 cm³/mol. The zero-order chi connectivity index (χ0) is 16.2. The fourth-order valence-electron chi connectivity index (χ4n) is 3.98. The average Bonchev–Trinajstić information content (AvgIpc) is 3.01. The van der Waals surface area contributed by atoms with Crippen molar-refractivity contribution in [3.63, 3.8) is 0 Å². The first-order chi connectivity index (χ1) is 11.8. The highest BCUT2D eigenvalue weighted by Gasteiger charge is 2.42. The summed E-state index contributed by atoms with van der Waals surface area (Å²) in [5.41, 5.74) is 2.71. The monoisotopic (exact) mass is 324 g/mol. The van der Waals surface area contributed by atoms with Crippen molar-refractivity contribution in [3.05, 3.63) is 54.4 Å². The van der Waals surface area contributed by atoms with Gasteiger partial charge >= 0.3 is 0 Å². The third-order valence-corrected chi connectivity index (χ3v) is 5.39. The molecule has 0 N–H and O–H groups in total. The first kappa shape index (κ1) is 15.7. The summed E-state index contributed by atoms with van der Waals surface area (Å²) in [5.74, 6) is 0. The maximum atomic E-state index is 6.11. The van der Waals surface area contributed by atoms with E-state index in [0.717, 1.165) is 44.8 Å². The third-order valence-electron chi connectivity index (χ3n) is 5.39. The quantitative estimate of drug-likeness (QED) is 0.865. The molecule has 0 bridgehead atoms. The summed E-state index contributed by atoms with van der Waals surface area (Å²) in [7, 11) is 0. The van der Waals surface area contributed by atoms with Gasteiger partial charge in [-0.2, -0.15) is 0 Å². The van der Waals surface area contributed by atoms with Gasteiger partial charge in [-0.3, -0.25) is 19.9 Å². The molecule has 0 aromatic carbocycles. The largest absolute Gasteiger partial charge is 0.377 e. The predicted octanol–water partition coefficient (Wildman–Crippen LogP) is 2.49. The first-order valence-electron chi connectivity index (χ1n) is 8.79. The van der Waals surface area contributed by atoms with Gasteiger partial charge in [0.25, 0.3) is 0 Å². The molecule has 2 aliphatic heterocycles. The van der Waals surface area contributed by atoms with Gasteiger partial charge in [-0.1, -0.05) is 6.07 Å². The second-order valence-electron chi connectivity index (χ2n) is 7.18. The lowest BCUT2D eigenvalue weighted by molar-refractivity contribution is 0.0629. The Morgan fingerprint density at radius 2 is 2.00 bits per heavy atom. The summed E-state index contributed by atoms with van der Waals surface area (Å²) < 4.78 is 6.11. The van der Waals surface area contributed by atoms with Gasteiger partial charge in [0.1, 0.15) is 0 Å². The highest BCUT2D eigenvalue weighted by atomic mass is 16.5. The third kappa shape index (κ3) is 3.62. The smallest absolute Gasteiger partial charge is 0.0637 e. The van der Waals surface area contributed by atoms with Crippen molar-refractivity contribution in [2.24, 2.45) is 5.41 Å². The van der Waals surface area contributed by atoms with Crippen LogP contribution >= 0.6 is 0 Å². The molecule has 2 fully saturated rings. The molecule has 0 radical (unpaired) electrons. The van der Waals surface area contributed by atoms with Gasteiger partial charge in [0.15, 0.2) is 0 Å². The first-order valence-corrected chi connectivity index (χ1v) is 8.79. The van der Waals surface area contributed by atoms with Crippen LogP contribution in [-0.4, -0.2) is 45.7 Å². The molecule has 2 saturated heterocycles. The van der Waals surface area contributed by atoms with Crippen LogP contribution in [0.4, 0.5) is 0 Å². The molecule has 5 heteroatoms. The molecule has 126 valence electrons. The minimum Gasteiger partial charge on any atom is -0.377 e. The van der Waals surface area contributed by atoms with E-state index in [0.29, 0.717) is 11.5 Å². The Morgan fingerprint density at radius 1 is 1.12 bits per heavy atom. The van der Waals surface area contributed by atoms with Crippen molar-refractivity contribution in [1.29, 1.82) is 0 Å². The lowest BCUT2D eigenvalue weighted by atomic mass is 9.76. The zero-order valence-electron chi connectivity index (χ0n) is 14.0. The van der Waals surface area contributed by atoms with E-state index < -0.39 is 0 Å². The summed E-state index contributed by atoms with van der Waals surface area (Å²) in [4.78, 5) is 15.3. The normalized spacial score (nSPS) is 23.6. The summed E-state index contributed by atoms with van der Waals surface area (Å²) in [5, 5.41) is 0. The van der Waals surface area contributed by atoms with E-state index >= 15 is 0 Å². The van der Waals surface area contributed by atoms with Crippen molar-refractivity contribution in [2.45, 2.75) is 38.3 Å². The van der Waals surface area contributed by atoms with E-state index in [1.807, 2.05) is 24.7 Å². The maximum absolute atomic E-state index is 6.11. The minimum atomic E-state index is 0.298. The molecule has 1 atom stereocenters. The van der Waals surface area contributed by atoms with E-state index in [1.165, 1.54) is 18.4 Å². The molecule has 5 nitrogen and oxygen atoms in total. The Kier molecular flexibility index (Phi) is 4.54. The zero-order valence-corrected chi connectivity index (χ0v) is 14.0. The molecule has 2 aromatic rings. The van der Waals surface area contributed by atoms with Crippen LogP contribution in [0.2, 0.25) is 0 Å². The standard InChI is InChI=1S/C19H24N4O/c1-2-16(12-20-5-1)14-23-8-3-19(4-9-23)11-18(24-15-19)10-17-13-21-6-7-22-17/h1-2,5-7,12-13,18H,3-4,8-11,14-15H2/t18-/m1/s1. The lowest BCUT2D eigenvalue weighted by Crippen LogP contribution is -2.40. The van der Waals surface area contributed by atoms with Crippen molar-refractivity contribution >= 4 is 0 Å². The molecule has 4 heterocycles. The Hall–Kier alpha value is -1.85. The maximum Gasteiger partial charge on any atom is 0.0637 e. The molecule has 24 heavy (non-hydrogen) atoms. The number of hydrogen-bond donors (Lipinski definition) is 0. The van der Waals surface area contributed by atoms with E-state index in [-0.39, 0.29) is 0 Å². The van der Waals surface area contributed by atoms with Crippen molar-refractivity contribution in [3.8, 4) is 0 Å². The van der Waals surface area contributed by atoms with Crippen molar-refractivity contribution < 1.29 is 4.74 Å². The van der Waals surface area contributed by atoms with Gasteiger partial charge < -0.3 is 4.74 Å². The van der Waals surface area contributed by atoms with E-state index in [1.54, 1.807) is 12.4 Å². The molecular formula is C19H24N4O. The van der Waals surface area contributed by atoms with Gasteiger partial charge in [-0.05, 0) is 49.4 Å². The Balaban J connectivity index is 1.29. The van der Waals surface area contributed by atoms with Crippen molar-refractivity contribution in [2.75, 3.05) is 19.7 Å². The molecule has 1 spiro atoms. The molecular weight excluding hydrogens is 300 g/mol. The molecule has 0 aliphatic carbocycles. The summed E-state index contributed by atoms with van der Waals surface area (Å²) in [6.07, 6.45) is 13.9. The average molecular weight is 324 g/mol. The van der Waals surface area contributed by atoms with Crippen LogP contribution in [0.5, 0.6) is 0 Å². The summed E-state index contributed by atoms with van der Waals surface area (Å²) >= 11 is 0. The van der Waals surface area contributed by atoms with Crippen LogP contribution in [0.15, 0.2) is 43.1 Å². The fraction of sp³-hybridized carbons (Fsp3) is 0.526. The minimum absolute atomic E-state index is 0.298. The number of nitrogens with zero attached hydrogens (tertiary/aromatic N) is 4. The topological polar surface area (TPSA) is 51.1 Å². The van der Waals surface area contributed by atoms with Crippen LogP contribution in [0.25, 0.3) is 0 Å². The van der Waals surface area contributed by atoms with Crippen LogP contribution in [0.1, 0.15) is 30.5 Å². The van der Waals surface area contributed by atoms with Gasteiger partial charge in [-0.15, -0.1) is 0 Å². The second kappa shape index (κ2) is 6.95. The number of rotatable bonds is 4. The Labute approximate surface area is 143 Å². The fourth-order valence-corrected chi connectivity index (χ4v) is 3.98. The van der Waals surface area contributed by atoms with Crippen LogP contribution in [0.3, 0.4) is 0 Å². The van der Waals surface area contributed by atoms with Crippen LogP contribution < -0.4 is 0 Å². The number of aromatic nitrogens is 3. The molecule has 0 amide bonds. The van der Waals surface area contributed by atoms with Gasteiger partial charge in [0.2, 0.25) is 0 Å². The van der Waals surface area contributed by atoms with Crippen LogP contribution in [0, 0.1) is 5.41 Å². The number of likely N-dealkylation sites (tertiary alicyclic amines) is 1. The van der Waals surface area contributed by atoms with Gasteiger partial charge in [0.05, 0.1) is 18.4 Å². The molecule has 0 unspecified atom stereocenters. The highest BCUT2D eigenvalue weighted by Crippen LogP contribution is 2.42. The highest BCUT2D eigenvalue weighted by molar-refractivity contribution is 5.08. The lowest BCUT2D eigenvalue weighted by Gasteiger charge is -2.38. The molecule has 2 aromatic heterocycles. The van der Waals surface area contributed by atoms with E-state index in [2.05, 4.69) is 25.9 Å². The number of ether oxygens (including phenoxy) is 1. The SMILES string of the molecule is c1cncc(CN2CCC3(CC2)CO[C@H](Cc2cnccn2)C3)c1. The number of pyridine rings is 1. The summed E-state index contributed by atoms with van der Waals surface area (Å²) in [6, 6.07) is 4.18. The Morgan fingerprint density at radius 3 is 2.75 bits per heavy atom. The van der Waals surface area contributed by atoms with Crippen molar-refractivity contribution in [1.82, 2.24) is 19.9 Å². The molecule has 0 saturated carbocycles. The number of piperidine rings is 1. The summed E-state index contributed by atoms with van der Waals surface area (Å²) in [6.45, 7) is 4.21. The van der Waals surface area contributed by atoms with Crippen LogP contribution in [-0.2, 0) is 17.7 Å². The Bertz CT molecular complexity index is 641. The van der Waals surface area contributed by atoms with Gasteiger partial charge in [0, 0.05) is 43.9 Å². The van der Waals surface area contributed by atoms with E-state index in [9.17, 15) is 0 Å². The van der Waals surface area contributed by atoms with E-state index in [4.69, 9.17) is 4.74 Å². The molecule has 4 rings (SSSR count). The number of hydrogen-bond acceptors (Lipinski definition) is 5. The second-order valence-corrected chi connectivity index (χ2v) is 7.18.